The highest BCUT2D eigenvalue weighted by molar-refractivity contribution is 5.45. The lowest BCUT2D eigenvalue weighted by Crippen LogP contribution is -2.21. The number of hydrogen-bond donors (Lipinski definition) is 1. The molecule has 0 spiro atoms. The lowest BCUT2D eigenvalue weighted by Gasteiger charge is -2.08. The van der Waals surface area contributed by atoms with Crippen LogP contribution < -0.4 is 10.1 Å². The van der Waals surface area contributed by atoms with Crippen molar-refractivity contribution in [3.63, 3.8) is 0 Å². The second kappa shape index (κ2) is 11.5. The smallest absolute Gasteiger partial charge is 0.310 e. The Hall–Kier alpha value is -1.62. The first-order valence-corrected chi connectivity index (χ1v) is 6.74. The van der Waals surface area contributed by atoms with E-state index in [4.69, 9.17) is 4.74 Å². The van der Waals surface area contributed by atoms with Crippen LogP contribution in [0, 0.1) is 10.1 Å². The van der Waals surface area contributed by atoms with Crippen molar-refractivity contribution in [2.75, 3.05) is 20.2 Å². The van der Waals surface area contributed by atoms with E-state index in [0.29, 0.717) is 0 Å². The summed E-state index contributed by atoms with van der Waals surface area (Å²) in [6.07, 6.45) is 4.22. The number of nitrogens with one attached hydrogen (secondary N) is 1. The summed E-state index contributed by atoms with van der Waals surface area (Å²) >= 11 is 0. The van der Waals surface area contributed by atoms with E-state index in [9.17, 15) is 10.1 Å². The van der Waals surface area contributed by atoms with Crippen LogP contribution in [0.25, 0.3) is 0 Å². The highest BCUT2D eigenvalue weighted by Gasteiger charge is 2.11. The number of piperidine rings is 1. The van der Waals surface area contributed by atoms with Crippen LogP contribution in [-0.2, 0) is 0 Å². The van der Waals surface area contributed by atoms with Gasteiger partial charge in [0, 0.05) is 6.07 Å². The van der Waals surface area contributed by atoms with Crippen LogP contribution in [0.1, 0.15) is 33.1 Å². The van der Waals surface area contributed by atoms with Gasteiger partial charge in [-0.3, -0.25) is 10.1 Å². The van der Waals surface area contributed by atoms with Gasteiger partial charge in [-0.15, -0.1) is 0 Å². The number of methoxy groups -OCH3 is 1. The van der Waals surface area contributed by atoms with Crippen LogP contribution in [0.2, 0.25) is 0 Å². The highest BCUT2D eigenvalue weighted by atomic mass is 16.6. The summed E-state index contributed by atoms with van der Waals surface area (Å²) in [5.41, 5.74) is -0.00463. The molecule has 0 radical (unpaired) electrons. The molecule has 0 amide bonds. The minimum atomic E-state index is -0.473. The molecule has 5 heteroatoms. The predicted molar refractivity (Wildman–Crippen MR) is 77.7 cm³/mol. The molecule has 1 heterocycles. The van der Waals surface area contributed by atoms with E-state index >= 15 is 0 Å². The third kappa shape index (κ3) is 7.41. The van der Waals surface area contributed by atoms with Gasteiger partial charge in [-0.2, -0.15) is 0 Å². The van der Waals surface area contributed by atoms with Gasteiger partial charge in [0.2, 0.25) is 0 Å². The fourth-order valence-corrected chi connectivity index (χ4v) is 1.58. The summed E-state index contributed by atoms with van der Waals surface area (Å²) in [7, 11) is 1.41. The van der Waals surface area contributed by atoms with Crippen molar-refractivity contribution in [2.24, 2.45) is 0 Å². The fraction of sp³-hybridized carbons (Fsp3) is 0.571. The van der Waals surface area contributed by atoms with Crippen molar-refractivity contribution in [3.8, 4) is 5.75 Å². The maximum absolute atomic E-state index is 10.3. The SMILES string of the molecule is C1CCNCC1.CC.COc1ccccc1[N+](=O)[O-]. The normalized spacial score (nSPS) is 13.2. The fourth-order valence-electron chi connectivity index (χ4n) is 1.58. The third-order valence-corrected chi connectivity index (χ3v) is 2.49. The summed E-state index contributed by atoms with van der Waals surface area (Å²) in [4.78, 5) is 9.83. The van der Waals surface area contributed by atoms with Gasteiger partial charge in [-0.05, 0) is 32.0 Å². The zero-order valence-electron chi connectivity index (χ0n) is 12.0. The van der Waals surface area contributed by atoms with Gasteiger partial charge in [0.05, 0.1) is 12.0 Å². The third-order valence-electron chi connectivity index (χ3n) is 2.49. The highest BCUT2D eigenvalue weighted by Crippen LogP contribution is 2.24. The average molecular weight is 268 g/mol. The Morgan fingerprint density at radius 3 is 2.05 bits per heavy atom. The molecule has 1 aliphatic heterocycles. The van der Waals surface area contributed by atoms with Gasteiger partial charge < -0.3 is 10.1 Å². The molecule has 1 aromatic rings. The van der Waals surface area contributed by atoms with Crippen molar-refractivity contribution in [1.82, 2.24) is 5.32 Å². The van der Waals surface area contributed by atoms with E-state index in [1.54, 1.807) is 18.2 Å². The van der Waals surface area contributed by atoms with E-state index in [1.807, 2.05) is 13.8 Å². The van der Waals surface area contributed by atoms with Gasteiger partial charge in [-0.25, -0.2) is 0 Å². The summed E-state index contributed by atoms with van der Waals surface area (Å²) in [5, 5.41) is 13.6. The van der Waals surface area contributed by atoms with Gasteiger partial charge in [0.15, 0.2) is 5.75 Å². The maximum Gasteiger partial charge on any atom is 0.310 e. The minimum absolute atomic E-state index is 0.00463. The molecule has 1 N–H and O–H groups in total. The molecule has 0 atom stereocenters. The molecule has 108 valence electrons. The van der Waals surface area contributed by atoms with Crippen LogP contribution in [-0.4, -0.2) is 25.1 Å². The molecule has 0 saturated carbocycles. The van der Waals surface area contributed by atoms with Crippen LogP contribution in [0.5, 0.6) is 5.75 Å². The molecule has 1 aliphatic rings. The Bertz CT molecular complexity index is 341. The molecular formula is C14H24N2O3. The van der Waals surface area contributed by atoms with Crippen molar-refractivity contribution < 1.29 is 9.66 Å². The largest absolute Gasteiger partial charge is 0.490 e. The van der Waals surface area contributed by atoms with Gasteiger partial charge >= 0.3 is 5.69 Å². The summed E-state index contributed by atoms with van der Waals surface area (Å²) in [6.45, 7) is 6.50. The first kappa shape index (κ1) is 17.4. The number of nitro benzene ring substituents is 1. The molecule has 1 fully saturated rings. The van der Waals surface area contributed by atoms with Crippen LogP contribution in [0.3, 0.4) is 0 Å². The Kier molecular flexibility index (Phi) is 10.5. The standard InChI is InChI=1S/C7H7NO3.C5H11N.C2H6/c1-11-7-5-3-2-4-6(7)8(9)10;1-2-4-6-5-3-1;1-2/h2-5H,1H3;6H,1-5H2;1-2H3. The molecule has 2 rings (SSSR count). The first-order valence-electron chi connectivity index (χ1n) is 6.74. The summed E-state index contributed by atoms with van der Waals surface area (Å²) < 4.78 is 4.76. The zero-order chi connectivity index (χ0) is 14.5. The first-order chi connectivity index (χ1) is 9.25. The Labute approximate surface area is 115 Å². The van der Waals surface area contributed by atoms with Crippen LogP contribution >= 0.6 is 0 Å². The number of hydrogen-bond acceptors (Lipinski definition) is 4. The minimum Gasteiger partial charge on any atom is -0.490 e. The molecule has 1 aromatic carbocycles. The second-order valence-corrected chi connectivity index (χ2v) is 3.74. The lowest BCUT2D eigenvalue weighted by atomic mass is 10.2. The van der Waals surface area contributed by atoms with E-state index < -0.39 is 4.92 Å². The van der Waals surface area contributed by atoms with Gasteiger partial charge in [0.25, 0.3) is 0 Å². The molecule has 0 unspecified atom stereocenters. The molecular weight excluding hydrogens is 244 g/mol. The van der Waals surface area contributed by atoms with Gasteiger partial charge in [0.1, 0.15) is 0 Å². The number of nitro groups is 1. The molecule has 0 aromatic heterocycles. The van der Waals surface area contributed by atoms with E-state index in [-0.39, 0.29) is 11.4 Å². The Morgan fingerprint density at radius 2 is 1.74 bits per heavy atom. The lowest BCUT2D eigenvalue weighted by molar-refractivity contribution is -0.385. The average Bonchev–Trinajstić information content (AvgIpc) is 2.51. The van der Waals surface area contributed by atoms with E-state index in [1.165, 1.54) is 45.5 Å². The summed E-state index contributed by atoms with van der Waals surface area (Å²) in [5.74, 6) is 0.289. The quantitative estimate of drug-likeness (QED) is 0.659. The Balaban J connectivity index is 0.000000341. The summed E-state index contributed by atoms with van der Waals surface area (Å²) in [6, 6.07) is 6.24. The van der Waals surface area contributed by atoms with Crippen LogP contribution in [0.15, 0.2) is 24.3 Å². The number of para-hydroxylation sites is 2. The predicted octanol–water partition coefficient (Wildman–Crippen LogP) is 3.39. The number of rotatable bonds is 2. The Morgan fingerprint density at radius 1 is 1.16 bits per heavy atom. The van der Waals surface area contributed by atoms with Gasteiger partial charge in [-0.1, -0.05) is 32.4 Å². The topological polar surface area (TPSA) is 64.4 Å². The number of nitrogens with zero attached hydrogens (tertiary/aromatic N) is 1. The molecule has 0 aliphatic carbocycles. The van der Waals surface area contributed by atoms with E-state index in [0.717, 1.165) is 0 Å². The molecule has 19 heavy (non-hydrogen) atoms. The number of ether oxygens (including phenoxy) is 1. The molecule has 5 nitrogen and oxygen atoms in total. The monoisotopic (exact) mass is 268 g/mol. The number of benzene rings is 1. The van der Waals surface area contributed by atoms with Crippen molar-refractivity contribution in [3.05, 3.63) is 34.4 Å². The zero-order valence-corrected chi connectivity index (χ0v) is 12.0. The van der Waals surface area contributed by atoms with Crippen molar-refractivity contribution >= 4 is 5.69 Å². The van der Waals surface area contributed by atoms with Crippen molar-refractivity contribution in [1.29, 1.82) is 0 Å². The molecule has 0 bridgehead atoms. The maximum atomic E-state index is 10.3. The second-order valence-electron chi connectivity index (χ2n) is 3.74. The van der Waals surface area contributed by atoms with E-state index in [2.05, 4.69) is 5.32 Å². The van der Waals surface area contributed by atoms with Crippen molar-refractivity contribution in [2.45, 2.75) is 33.1 Å². The molecule has 1 saturated heterocycles. The van der Waals surface area contributed by atoms with Crippen LogP contribution in [0.4, 0.5) is 5.69 Å².